The van der Waals surface area contributed by atoms with E-state index in [0.29, 0.717) is 17.4 Å². The van der Waals surface area contributed by atoms with Gasteiger partial charge in [0.1, 0.15) is 11.8 Å². The van der Waals surface area contributed by atoms with E-state index in [0.717, 1.165) is 5.65 Å². The molecule has 0 spiro atoms. The predicted octanol–water partition coefficient (Wildman–Crippen LogP) is 1.63. The van der Waals surface area contributed by atoms with Crippen molar-refractivity contribution < 1.29 is 0 Å². The van der Waals surface area contributed by atoms with Gasteiger partial charge in [-0.3, -0.25) is 0 Å². The summed E-state index contributed by atoms with van der Waals surface area (Å²) in [6.07, 6.45) is 3.19. The van der Waals surface area contributed by atoms with Crippen molar-refractivity contribution in [3.8, 4) is 0 Å². The quantitative estimate of drug-likeness (QED) is 0.747. The molecule has 2 aromatic rings. The molecule has 2 heterocycles. The van der Waals surface area contributed by atoms with E-state index in [1.54, 1.807) is 6.33 Å². The lowest BCUT2D eigenvalue weighted by atomic mass is 10.4. The summed E-state index contributed by atoms with van der Waals surface area (Å²) in [5, 5.41) is 0. The Balaban J connectivity index is 0.000000980. The van der Waals surface area contributed by atoms with E-state index in [1.165, 1.54) is 6.33 Å². The number of nitrogens with zero attached hydrogens (tertiary/aromatic N) is 4. The van der Waals surface area contributed by atoms with Crippen LogP contribution < -0.4 is 5.73 Å². The molecule has 0 radical (unpaired) electrons. The normalized spacial score (nSPS) is 10.5. The molecule has 2 aromatic heterocycles. The van der Waals surface area contributed by atoms with Crippen molar-refractivity contribution in [1.29, 1.82) is 0 Å². The summed E-state index contributed by atoms with van der Waals surface area (Å²) < 4.78 is 1.97. The molecule has 0 bridgehead atoms. The van der Waals surface area contributed by atoms with Gasteiger partial charge >= 0.3 is 0 Å². The fourth-order valence-corrected chi connectivity index (χ4v) is 1.25. The van der Waals surface area contributed by atoms with Gasteiger partial charge in [-0.1, -0.05) is 7.43 Å². The Kier molecular flexibility index (Phi) is 2.69. The Hall–Kier alpha value is -1.65. The highest BCUT2D eigenvalue weighted by Crippen LogP contribution is 2.17. The average molecular weight is 193 g/mol. The first-order chi connectivity index (χ1) is 6.20. The minimum absolute atomic E-state index is 0. The molecule has 0 unspecified atom stereocenters. The fourth-order valence-electron chi connectivity index (χ4n) is 1.25. The van der Waals surface area contributed by atoms with Crippen LogP contribution in [-0.2, 0) is 0 Å². The molecule has 0 aromatic carbocycles. The van der Waals surface area contributed by atoms with Crippen molar-refractivity contribution in [2.24, 2.45) is 0 Å². The average Bonchev–Trinajstić information content (AvgIpc) is 2.48. The maximum atomic E-state index is 5.64. The fraction of sp³-hybridized carbons (Fsp3) is 0.444. The number of nitrogen functional groups attached to an aromatic ring is 1. The van der Waals surface area contributed by atoms with Gasteiger partial charge in [-0.25, -0.2) is 15.0 Å². The summed E-state index contributed by atoms with van der Waals surface area (Å²) >= 11 is 0. The molecule has 0 aliphatic rings. The third-order valence-electron chi connectivity index (χ3n) is 1.94. The van der Waals surface area contributed by atoms with E-state index in [-0.39, 0.29) is 7.43 Å². The molecule has 2 rings (SSSR count). The standard InChI is InChI=1S/C8H11N5.CH4/c1-5(2)13-4-12-6-7(9)10-3-11-8(6)13;/h3-5H,1-2H3,(H2,9,10,11);1H4. The molecule has 0 amide bonds. The molecule has 76 valence electrons. The molecular formula is C9H15N5. The third kappa shape index (κ3) is 1.41. The van der Waals surface area contributed by atoms with E-state index in [9.17, 15) is 0 Å². The Morgan fingerprint density at radius 3 is 2.64 bits per heavy atom. The molecular weight excluding hydrogens is 178 g/mol. The predicted molar refractivity (Wildman–Crippen MR) is 56.9 cm³/mol. The van der Waals surface area contributed by atoms with Crippen LogP contribution in [0.3, 0.4) is 0 Å². The number of anilines is 1. The van der Waals surface area contributed by atoms with Crippen LogP contribution in [0, 0.1) is 0 Å². The first-order valence-electron chi connectivity index (χ1n) is 4.13. The topological polar surface area (TPSA) is 69.6 Å². The van der Waals surface area contributed by atoms with Crippen LogP contribution in [0.4, 0.5) is 5.82 Å². The van der Waals surface area contributed by atoms with Gasteiger partial charge in [0, 0.05) is 6.04 Å². The number of hydrogen-bond donors (Lipinski definition) is 1. The summed E-state index contributed by atoms with van der Waals surface area (Å²) in [6.45, 7) is 4.14. The van der Waals surface area contributed by atoms with Crippen molar-refractivity contribution in [2.75, 3.05) is 5.73 Å². The zero-order valence-electron chi connectivity index (χ0n) is 7.60. The van der Waals surface area contributed by atoms with E-state index in [2.05, 4.69) is 28.8 Å². The first-order valence-corrected chi connectivity index (χ1v) is 4.13. The first kappa shape index (κ1) is 10.4. The highest BCUT2D eigenvalue weighted by Gasteiger charge is 2.08. The van der Waals surface area contributed by atoms with Crippen LogP contribution in [0.5, 0.6) is 0 Å². The second-order valence-corrected chi connectivity index (χ2v) is 3.18. The summed E-state index contributed by atoms with van der Waals surface area (Å²) in [5.74, 6) is 0.435. The van der Waals surface area contributed by atoms with Gasteiger partial charge in [-0.15, -0.1) is 0 Å². The number of rotatable bonds is 1. The Morgan fingerprint density at radius 2 is 2.00 bits per heavy atom. The van der Waals surface area contributed by atoms with Crippen LogP contribution in [-0.4, -0.2) is 19.5 Å². The van der Waals surface area contributed by atoms with Gasteiger partial charge in [0.25, 0.3) is 0 Å². The van der Waals surface area contributed by atoms with E-state index >= 15 is 0 Å². The van der Waals surface area contributed by atoms with Crippen molar-refractivity contribution in [1.82, 2.24) is 19.5 Å². The highest BCUT2D eigenvalue weighted by molar-refractivity contribution is 5.81. The summed E-state index contributed by atoms with van der Waals surface area (Å²) in [6, 6.07) is 0.333. The number of aromatic nitrogens is 4. The zero-order valence-corrected chi connectivity index (χ0v) is 7.60. The lowest BCUT2D eigenvalue weighted by Crippen LogP contribution is -2.00. The van der Waals surface area contributed by atoms with Crippen molar-refractivity contribution in [3.05, 3.63) is 12.7 Å². The lowest BCUT2D eigenvalue weighted by Gasteiger charge is -2.05. The second-order valence-electron chi connectivity index (χ2n) is 3.18. The lowest BCUT2D eigenvalue weighted by molar-refractivity contribution is 0.612. The smallest absolute Gasteiger partial charge is 0.165 e. The molecule has 5 nitrogen and oxygen atoms in total. The molecule has 0 aliphatic heterocycles. The number of nitrogens with two attached hydrogens (primary N) is 1. The van der Waals surface area contributed by atoms with Gasteiger partial charge in [0.05, 0.1) is 6.33 Å². The van der Waals surface area contributed by atoms with Crippen LogP contribution in [0.25, 0.3) is 11.2 Å². The Labute approximate surface area is 83.0 Å². The Bertz CT molecular complexity index is 432. The molecule has 0 saturated carbocycles. The van der Waals surface area contributed by atoms with Crippen molar-refractivity contribution in [3.63, 3.8) is 0 Å². The number of fused-ring (bicyclic) bond motifs is 1. The summed E-state index contributed by atoms with van der Waals surface area (Å²) in [5.41, 5.74) is 7.11. The third-order valence-corrected chi connectivity index (χ3v) is 1.94. The highest BCUT2D eigenvalue weighted by atomic mass is 15.1. The van der Waals surface area contributed by atoms with Gasteiger partial charge in [0.2, 0.25) is 0 Å². The second kappa shape index (κ2) is 3.61. The number of imidazole rings is 1. The maximum absolute atomic E-state index is 5.64. The molecule has 0 saturated heterocycles. The van der Waals surface area contributed by atoms with E-state index < -0.39 is 0 Å². The van der Waals surface area contributed by atoms with Crippen LogP contribution in [0.1, 0.15) is 27.3 Å². The molecule has 14 heavy (non-hydrogen) atoms. The largest absolute Gasteiger partial charge is 0.382 e. The summed E-state index contributed by atoms with van der Waals surface area (Å²) in [4.78, 5) is 12.2. The SMILES string of the molecule is C.CC(C)n1cnc2c(N)ncnc21. The monoisotopic (exact) mass is 193 g/mol. The molecule has 0 fully saturated rings. The van der Waals surface area contributed by atoms with Gasteiger partial charge in [-0.05, 0) is 13.8 Å². The molecule has 0 aliphatic carbocycles. The minimum atomic E-state index is 0. The van der Waals surface area contributed by atoms with Gasteiger partial charge in [-0.2, -0.15) is 0 Å². The minimum Gasteiger partial charge on any atom is -0.382 e. The summed E-state index contributed by atoms with van der Waals surface area (Å²) in [7, 11) is 0. The molecule has 2 N–H and O–H groups in total. The van der Waals surface area contributed by atoms with Crippen LogP contribution in [0.15, 0.2) is 12.7 Å². The van der Waals surface area contributed by atoms with Crippen molar-refractivity contribution >= 4 is 17.0 Å². The van der Waals surface area contributed by atoms with E-state index in [1.807, 2.05) is 4.57 Å². The van der Waals surface area contributed by atoms with Crippen LogP contribution >= 0.6 is 0 Å². The van der Waals surface area contributed by atoms with E-state index in [4.69, 9.17) is 5.73 Å². The van der Waals surface area contributed by atoms with Gasteiger partial charge in [0.15, 0.2) is 11.5 Å². The van der Waals surface area contributed by atoms with Crippen molar-refractivity contribution in [2.45, 2.75) is 27.3 Å². The van der Waals surface area contributed by atoms with Gasteiger partial charge < -0.3 is 10.3 Å². The van der Waals surface area contributed by atoms with Crippen LogP contribution in [0.2, 0.25) is 0 Å². The molecule has 5 heteroatoms. The maximum Gasteiger partial charge on any atom is 0.165 e. The Morgan fingerprint density at radius 1 is 1.29 bits per heavy atom. The zero-order chi connectivity index (χ0) is 9.42. The molecule has 0 atom stereocenters. The number of hydrogen-bond acceptors (Lipinski definition) is 4.